The highest BCUT2D eigenvalue weighted by molar-refractivity contribution is 6.35. The molecule has 0 spiro atoms. The van der Waals surface area contributed by atoms with E-state index in [-0.39, 0.29) is 23.6 Å². The number of anilines is 1. The van der Waals surface area contributed by atoms with Crippen LogP contribution in [0.15, 0.2) is 79.1 Å². The highest BCUT2D eigenvalue weighted by Gasteiger charge is 2.38. The fourth-order valence-corrected chi connectivity index (χ4v) is 6.96. The van der Waals surface area contributed by atoms with Crippen LogP contribution in [-0.2, 0) is 20.7 Å². The van der Waals surface area contributed by atoms with Crippen molar-refractivity contribution in [3.63, 3.8) is 0 Å². The van der Waals surface area contributed by atoms with Gasteiger partial charge in [0.2, 0.25) is 0 Å². The zero-order chi connectivity index (χ0) is 34.5. The summed E-state index contributed by atoms with van der Waals surface area (Å²) in [6.45, 7) is 2.73. The van der Waals surface area contributed by atoms with Gasteiger partial charge in [0, 0.05) is 24.2 Å². The number of ether oxygens (including phenoxy) is 4. The van der Waals surface area contributed by atoms with Gasteiger partial charge >= 0.3 is 11.9 Å². The van der Waals surface area contributed by atoms with E-state index in [0.717, 1.165) is 25.9 Å². The fourth-order valence-electron chi connectivity index (χ4n) is 6.43. The molecule has 3 saturated heterocycles. The van der Waals surface area contributed by atoms with Crippen LogP contribution in [0.5, 0.6) is 11.5 Å². The Labute approximate surface area is 299 Å². The molecule has 4 heterocycles. The highest BCUT2D eigenvalue weighted by Crippen LogP contribution is 2.36. The average molecular weight is 727 g/mol. The molecule has 50 heavy (non-hydrogen) atoms. The molecule has 3 aliphatic heterocycles. The van der Waals surface area contributed by atoms with E-state index in [1.165, 1.54) is 26.4 Å². The summed E-state index contributed by atoms with van der Waals surface area (Å²) in [7, 11) is 3.06. The highest BCUT2D eigenvalue weighted by atomic mass is 35.5. The number of hydrogen-bond acceptors (Lipinski definition) is 9. The average Bonchev–Trinajstić information content (AvgIpc) is 3.12. The fraction of sp³-hybridized carbons (Fsp3) is 0.324. The van der Waals surface area contributed by atoms with Gasteiger partial charge in [-0.05, 0) is 91.5 Å². The number of methoxy groups -OCH3 is 2. The van der Waals surface area contributed by atoms with Crippen LogP contribution in [0.2, 0.25) is 10.0 Å². The number of H-pyrrole nitrogens is 1. The molecule has 3 fully saturated rings. The molecule has 4 aromatic rings. The number of fused-ring (bicyclic) bond motifs is 3. The van der Waals surface area contributed by atoms with Gasteiger partial charge in [-0.2, -0.15) is 0 Å². The van der Waals surface area contributed by atoms with Crippen molar-refractivity contribution < 1.29 is 43.4 Å². The third kappa shape index (κ3) is 8.47. The summed E-state index contributed by atoms with van der Waals surface area (Å²) in [5, 5.41) is 3.98. The standard InChI is InChI=1S/C37H36Cl2FN3O6.H2O/c1-46-31-11-8-24(17-33(31)47-2)32(18-28-29(38)19-41-20-30(28)39)48-36(44)23-6-9-27(10-7-23)42-35(25-4-3-5-26(40)16-25)37(45)49-34-21-43-14-12-22(34)13-15-43;/h3-11,16-17,19-20,22,32,34-35,42H,12-15,18,21H2,1-2H3;1H2/t32-,34-,35?;/m0./s1. The van der Waals surface area contributed by atoms with Crippen LogP contribution in [0.4, 0.5) is 10.1 Å². The molecule has 0 saturated carbocycles. The molecular formula is C37H38Cl2FN3O7. The maximum absolute atomic E-state index is 14.3. The predicted molar refractivity (Wildman–Crippen MR) is 185 cm³/mol. The Morgan fingerprint density at radius 3 is 2.26 bits per heavy atom. The van der Waals surface area contributed by atoms with Crippen LogP contribution < -0.4 is 19.8 Å². The van der Waals surface area contributed by atoms with E-state index in [1.54, 1.807) is 67.0 Å². The summed E-state index contributed by atoms with van der Waals surface area (Å²) < 4.78 is 37.2. The van der Waals surface area contributed by atoms with E-state index < -0.39 is 29.9 Å². The second-order valence-electron chi connectivity index (χ2n) is 12.2. The van der Waals surface area contributed by atoms with Gasteiger partial charge in [0.25, 0.3) is 0 Å². The maximum Gasteiger partial charge on any atom is 0.338 e. The first-order valence-corrected chi connectivity index (χ1v) is 16.8. The molecule has 3 aromatic carbocycles. The number of esters is 2. The molecule has 3 atom stereocenters. The lowest BCUT2D eigenvalue weighted by molar-refractivity contribution is -0.377. The number of hydrogen-bond donors (Lipinski definition) is 1. The van der Waals surface area contributed by atoms with Crippen molar-refractivity contribution in [1.29, 1.82) is 0 Å². The van der Waals surface area contributed by atoms with Gasteiger partial charge in [0.1, 0.15) is 28.1 Å². The SMILES string of the molecule is COc1ccc([C@H](Cc2c(Cl)c[nH+]cc2Cl)OC(=O)c2ccc(NC(C(=O)O[C@H]3CN4CCC3CC4)c3cccc(F)c3)cc2)cc1OC.[OH-]. The lowest BCUT2D eigenvalue weighted by atomic mass is 9.86. The van der Waals surface area contributed by atoms with Crippen molar-refractivity contribution in [3.8, 4) is 11.5 Å². The molecule has 3 aliphatic rings. The van der Waals surface area contributed by atoms with Crippen molar-refractivity contribution >= 4 is 40.8 Å². The molecule has 1 unspecified atom stereocenters. The lowest BCUT2D eigenvalue weighted by Gasteiger charge is -2.44. The molecule has 0 aliphatic carbocycles. The number of carbonyl (C=O) groups is 2. The van der Waals surface area contributed by atoms with E-state index in [4.69, 9.17) is 42.1 Å². The first kappa shape index (κ1) is 36.9. The summed E-state index contributed by atoms with van der Waals surface area (Å²) in [5.74, 6) is -0.226. The van der Waals surface area contributed by atoms with Crippen molar-refractivity contribution in [3.05, 3.63) is 117 Å². The van der Waals surface area contributed by atoms with Gasteiger partial charge in [-0.15, -0.1) is 0 Å². The van der Waals surface area contributed by atoms with Crippen LogP contribution in [0.3, 0.4) is 0 Å². The van der Waals surface area contributed by atoms with Gasteiger partial charge in [0.05, 0.1) is 19.8 Å². The van der Waals surface area contributed by atoms with Crippen molar-refractivity contribution in [1.82, 2.24) is 4.90 Å². The molecule has 13 heteroatoms. The van der Waals surface area contributed by atoms with E-state index in [0.29, 0.717) is 56.4 Å². The Morgan fingerprint density at radius 1 is 0.940 bits per heavy atom. The number of halogens is 3. The van der Waals surface area contributed by atoms with Crippen LogP contribution in [-0.4, -0.2) is 62.3 Å². The first-order chi connectivity index (χ1) is 23.7. The van der Waals surface area contributed by atoms with E-state index >= 15 is 0 Å². The largest absolute Gasteiger partial charge is 0.870 e. The summed E-state index contributed by atoms with van der Waals surface area (Å²) in [4.78, 5) is 32.3. The summed E-state index contributed by atoms with van der Waals surface area (Å²) in [5.41, 5.74) is 2.48. The first-order valence-electron chi connectivity index (χ1n) is 16.0. The molecule has 1 aromatic heterocycles. The van der Waals surface area contributed by atoms with Gasteiger partial charge in [-0.3, -0.25) is 4.90 Å². The Hall–Kier alpha value is -4.42. The molecule has 2 bridgehead atoms. The third-order valence-electron chi connectivity index (χ3n) is 9.13. The van der Waals surface area contributed by atoms with Gasteiger partial charge in [-0.1, -0.05) is 41.4 Å². The molecule has 10 nitrogen and oxygen atoms in total. The molecule has 3 N–H and O–H groups in total. The van der Waals surface area contributed by atoms with Crippen LogP contribution in [0.25, 0.3) is 0 Å². The van der Waals surface area contributed by atoms with E-state index in [2.05, 4.69) is 15.2 Å². The molecule has 264 valence electrons. The number of carbonyl (C=O) groups excluding carboxylic acids is 2. The Morgan fingerprint density at radius 2 is 1.64 bits per heavy atom. The number of nitrogens with zero attached hydrogens (tertiary/aromatic N) is 1. The van der Waals surface area contributed by atoms with E-state index in [9.17, 15) is 14.0 Å². The Balaban J connectivity index is 0.00000486. The Bertz CT molecular complexity index is 1780. The molecular weight excluding hydrogens is 688 g/mol. The number of aromatic amines is 1. The summed E-state index contributed by atoms with van der Waals surface area (Å²) >= 11 is 12.9. The quantitative estimate of drug-likeness (QED) is 0.158. The van der Waals surface area contributed by atoms with Crippen molar-refractivity contribution in [2.75, 3.05) is 39.2 Å². The molecule has 0 amide bonds. The number of nitrogens with one attached hydrogen (secondary N) is 2. The number of rotatable bonds is 12. The van der Waals surface area contributed by atoms with Gasteiger partial charge < -0.3 is 29.7 Å². The summed E-state index contributed by atoms with van der Waals surface area (Å²) in [6, 6.07) is 16.7. The predicted octanol–water partition coefficient (Wildman–Crippen LogP) is 6.72. The van der Waals surface area contributed by atoms with Crippen LogP contribution >= 0.6 is 23.2 Å². The monoisotopic (exact) mass is 725 g/mol. The topological polar surface area (TPSA) is 130 Å². The lowest BCUT2D eigenvalue weighted by Crippen LogP contribution is -2.52. The molecule has 0 radical (unpaired) electrons. The Kier molecular flexibility index (Phi) is 12.2. The van der Waals surface area contributed by atoms with Crippen LogP contribution in [0.1, 0.15) is 52.0 Å². The molecule has 7 rings (SSSR count). The minimum absolute atomic E-state index is 0. The normalized spacial score (nSPS) is 19.0. The smallest absolute Gasteiger partial charge is 0.338 e. The number of piperidine rings is 3. The minimum atomic E-state index is -0.962. The third-order valence-corrected chi connectivity index (χ3v) is 9.80. The number of aromatic nitrogens is 1. The second kappa shape index (κ2) is 16.5. The minimum Gasteiger partial charge on any atom is -0.870 e. The van der Waals surface area contributed by atoms with Crippen LogP contribution in [0, 0.1) is 11.7 Å². The van der Waals surface area contributed by atoms with Gasteiger partial charge in [-0.25, -0.2) is 19.0 Å². The summed E-state index contributed by atoms with van der Waals surface area (Å²) in [6.07, 6.45) is 4.38. The second-order valence-corrected chi connectivity index (χ2v) is 13.0. The number of benzene rings is 3. The van der Waals surface area contributed by atoms with E-state index in [1.807, 2.05) is 0 Å². The number of pyridine rings is 1. The van der Waals surface area contributed by atoms with Crippen molar-refractivity contribution in [2.24, 2.45) is 5.92 Å². The van der Waals surface area contributed by atoms with Gasteiger partial charge in [0.15, 0.2) is 29.9 Å². The van der Waals surface area contributed by atoms with Crippen molar-refractivity contribution in [2.45, 2.75) is 37.5 Å². The zero-order valence-electron chi connectivity index (χ0n) is 27.5. The zero-order valence-corrected chi connectivity index (χ0v) is 29.0. The maximum atomic E-state index is 14.3.